The number of ether oxygens (including phenoxy) is 1. The van der Waals surface area contributed by atoms with Crippen molar-refractivity contribution in [1.82, 2.24) is 4.98 Å². The average molecular weight is 251 g/mol. The van der Waals surface area contributed by atoms with Crippen molar-refractivity contribution in [3.05, 3.63) is 23.4 Å². The Morgan fingerprint density at radius 3 is 3.00 bits per heavy atom. The first-order valence-corrected chi connectivity index (χ1v) is 6.31. The molecule has 2 heterocycles. The van der Waals surface area contributed by atoms with Gasteiger partial charge in [-0.05, 0) is 19.9 Å². The zero-order chi connectivity index (χ0) is 13.1. The lowest BCUT2D eigenvalue weighted by atomic mass is 10.1. The van der Waals surface area contributed by atoms with Gasteiger partial charge >= 0.3 is 0 Å². The molecule has 0 saturated carbocycles. The average Bonchev–Trinajstić information content (AvgIpc) is 2.39. The van der Waals surface area contributed by atoms with Crippen LogP contribution >= 0.6 is 0 Å². The van der Waals surface area contributed by atoms with Crippen molar-refractivity contribution in [2.24, 2.45) is 5.73 Å². The second-order valence-electron chi connectivity index (χ2n) is 4.78. The van der Waals surface area contributed by atoms with Crippen molar-refractivity contribution in [1.29, 1.82) is 0 Å². The summed E-state index contributed by atoms with van der Waals surface area (Å²) in [4.78, 5) is 6.78. The van der Waals surface area contributed by atoms with Crippen LogP contribution in [-0.4, -0.2) is 42.0 Å². The Kier molecular flexibility index (Phi) is 4.16. The van der Waals surface area contributed by atoms with Gasteiger partial charge in [-0.15, -0.1) is 0 Å². The number of nitrogens with two attached hydrogens (primary N) is 1. The molecule has 1 fully saturated rings. The van der Waals surface area contributed by atoms with Crippen molar-refractivity contribution in [3.63, 3.8) is 0 Å². The summed E-state index contributed by atoms with van der Waals surface area (Å²) < 4.78 is 5.54. The molecule has 0 aliphatic carbocycles. The van der Waals surface area contributed by atoms with Gasteiger partial charge in [0.25, 0.3) is 0 Å². The number of aryl methyl sites for hydroxylation is 1. The summed E-state index contributed by atoms with van der Waals surface area (Å²) in [6.07, 6.45) is -0.144. The van der Waals surface area contributed by atoms with Gasteiger partial charge in [0.15, 0.2) is 0 Å². The molecule has 1 aliphatic heterocycles. The van der Waals surface area contributed by atoms with Crippen LogP contribution in [0, 0.1) is 6.92 Å². The van der Waals surface area contributed by atoms with Gasteiger partial charge in [0.2, 0.25) is 0 Å². The van der Waals surface area contributed by atoms with Crippen molar-refractivity contribution in [2.75, 3.05) is 24.7 Å². The summed E-state index contributed by atoms with van der Waals surface area (Å²) in [6, 6.07) is 4.24. The minimum atomic E-state index is -0.144. The normalized spacial score (nSPS) is 24.3. The standard InChI is InChI=1S/C13H21N3O2/c1-9-3-4-11(5-14)13(15-9)16-6-12(7-17)18-8-10(16)2/h3-4,10,12,17H,5-8,14H2,1-2H3. The summed E-state index contributed by atoms with van der Waals surface area (Å²) in [7, 11) is 0. The molecule has 2 rings (SSSR count). The second kappa shape index (κ2) is 5.65. The molecule has 5 nitrogen and oxygen atoms in total. The highest BCUT2D eigenvalue weighted by Gasteiger charge is 2.27. The number of nitrogens with zero attached hydrogens (tertiary/aromatic N) is 2. The molecule has 18 heavy (non-hydrogen) atoms. The van der Waals surface area contributed by atoms with Gasteiger partial charge in [0, 0.05) is 24.3 Å². The molecule has 0 bridgehead atoms. The minimum absolute atomic E-state index is 0.0347. The lowest BCUT2D eigenvalue weighted by molar-refractivity contribution is -0.0106. The maximum atomic E-state index is 9.23. The lowest BCUT2D eigenvalue weighted by Gasteiger charge is -2.39. The van der Waals surface area contributed by atoms with E-state index in [1.807, 2.05) is 19.1 Å². The third kappa shape index (κ3) is 2.63. The summed E-state index contributed by atoms with van der Waals surface area (Å²) in [6.45, 7) is 5.83. The maximum absolute atomic E-state index is 9.23. The van der Waals surface area contributed by atoms with Gasteiger partial charge < -0.3 is 20.5 Å². The van der Waals surface area contributed by atoms with Crippen molar-refractivity contribution in [3.8, 4) is 0 Å². The number of hydrogen-bond acceptors (Lipinski definition) is 5. The van der Waals surface area contributed by atoms with E-state index >= 15 is 0 Å². The van der Waals surface area contributed by atoms with Gasteiger partial charge in [0.1, 0.15) is 5.82 Å². The van der Waals surface area contributed by atoms with E-state index in [0.717, 1.165) is 17.1 Å². The molecule has 100 valence electrons. The SMILES string of the molecule is Cc1ccc(CN)c(N2CC(CO)OCC2C)n1. The third-order valence-electron chi connectivity index (χ3n) is 3.30. The maximum Gasteiger partial charge on any atom is 0.133 e. The quantitative estimate of drug-likeness (QED) is 0.815. The molecule has 1 saturated heterocycles. The van der Waals surface area contributed by atoms with E-state index in [-0.39, 0.29) is 18.8 Å². The first-order valence-electron chi connectivity index (χ1n) is 6.31. The number of pyridine rings is 1. The fourth-order valence-electron chi connectivity index (χ4n) is 2.20. The summed E-state index contributed by atoms with van der Waals surface area (Å²) >= 11 is 0. The van der Waals surface area contributed by atoms with Gasteiger partial charge in [-0.25, -0.2) is 4.98 Å². The highest BCUT2D eigenvalue weighted by atomic mass is 16.5. The molecule has 1 aliphatic rings. The molecule has 3 N–H and O–H groups in total. The van der Waals surface area contributed by atoms with Crippen LogP contribution in [0.2, 0.25) is 0 Å². The Bertz CT molecular complexity index is 411. The van der Waals surface area contributed by atoms with Crippen molar-refractivity contribution >= 4 is 5.82 Å². The smallest absolute Gasteiger partial charge is 0.133 e. The van der Waals surface area contributed by atoms with E-state index in [2.05, 4.69) is 16.8 Å². The van der Waals surface area contributed by atoms with Crippen LogP contribution in [0.25, 0.3) is 0 Å². The fourth-order valence-corrected chi connectivity index (χ4v) is 2.20. The molecule has 2 unspecified atom stereocenters. The van der Waals surface area contributed by atoms with Gasteiger partial charge in [0.05, 0.1) is 25.4 Å². The molecule has 1 aromatic heterocycles. The Hall–Kier alpha value is -1.17. The van der Waals surface area contributed by atoms with Gasteiger partial charge in [-0.1, -0.05) is 6.07 Å². The second-order valence-corrected chi connectivity index (χ2v) is 4.78. The highest BCUT2D eigenvalue weighted by Crippen LogP contribution is 2.24. The summed E-state index contributed by atoms with van der Waals surface area (Å²) in [5.74, 6) is 0.923. The Morgan fingerprint density at radius 2 is 2.33 bits per heavy atom. The topological polar surface area (TPSA) is 71.6 Å². The number of morpholine rings is 1. The third-order valence-corrected chi connectivity index (χ3v) is 3.30. The lowest BCUT2D eigenvalue weighted by Crippen LogP contribution is -2.50. The predicted octanol–water partition coefficient (Wildman–Crippen LogP) is 0.435. The molecule has 0 amide bonds. The number of aromatic nitrogens is 1. The zero-order valence-corrected chi connectivity index (χ0v) is 11.0. The Morgan fingerprint density at radius 1 is 1.56 bits per heavy atom. The van der Waals surface area contributed by atoms with E-state index in [0.29, 0.717) is 19.7 Å². The molecule has 1 aromatic rings. The Balaban J connectivity index is 2.30. The number of hydrogen-bond donors (Lipinski definition) is 2. The molecule has 5 heteroatoms. The highest BCUT2D eigenvalue weighted by molar-refractivity contribution is 5.49. The van der Waals surface area contributed by atoms with Crippen molar-refractivity contribution in [2.45, 2.75) is 32.5 Å². The van der Waals surface area contributed by atoms with Crippen LogP contribution in [-0.2, 0) is 11.3 Å². The molecule has 0 radical (unpaired) electrons. The van der Waals surface area contributed by atoms with E-state index in [4.69, 9.17) is 10.5 Å². The van der Waals surface area contributed by atoms with E-state index < -0.39 is 0 Å². The zero-order valence-electron chi connectivity index (χ0n) is 11.0. The molecule has 0 aromatic carbocycles. The fraction of sp³-hybridized carbons (Fsp3) is 0.615. The van der Waals surface area contributed by atoms with Crippen LogP contribution < -0.4 is 10.6 Å². The first kappa shape index (κ1) is 13.3. The van der Waals surface area contributed by atoms with Crippen LogP contribution in [0.1, 0.15) is 18.2 Å². The van der Waals surface area contributed by atoms with E-state index in [9.17, 15) is 5.11 Å². The monoisotopic (exact) mass is 251 g/mol. The molecule has 2 atom stereocenters. The van der Waals surface area contributed by atoms with Gasteiger partial charge in [-0.2, -0.15) is 0 Å². The van der Waals surface area contributed by atoms with Crippen LogP contribution in [0.3, 0.4) is 0 Å². The van der Waals surface area contributed by atoms with E-state index in [1.54, 1.807) is 0 Å². The van der Waals surface area contributed by atoms with Crippen LogP contribution in [0.15, 0.2) is 12.1 Å². The predicted molar refractivity (Wildman–Crippen MR) is 70.5 cm³/mol. The number of aliphatic hydroxyl groups excluding tert-OH is 1. The summed E-state index contributed by atoms with van der Waals surface area (Å²) in [5, 5.41) is 9.23. The number of aliphatic hydroxyl groups is 1. The van der Waals surface area contributed by atoms with Crippen molar-refractivity contribution < 1.29 is 9.84 Å². The molecular formula is C13H21N3O2. The number of rotatable bonds is 3. The van der Waals surface area contributed by atoms with Crippen LogP contribution in [0.4, 0.5) is 5.82 Å². The number of anilines is 1. The largest absolute Gasteiger partial charge is 0.394 e. The summed E-state index contributed by atoms with van der Waals surface area (Å²) in [5.41, 5.74) is 7.78. The first-order chi connectivity index (χ1) is 8.65. The molecule has 0 spiro atoms. The molecular weight excluding hydrogens is 230 g/mol. The van der Waals surface area contributed by atoms with Crippen LogP contribution in [0.5, 0.6) is 0 Å². The minimum Gasteiger partial charge on any atom is -0.394 e. The van der Waals surface area contributed by atoms with E-state index in [1.165, 1.54) is 0 Å². The van der Waals surface area contributed by atoms with Gasteiger partial charge in [-0.3, -0.25) is 0 Å². The Labute approximate surface area is 108 Å².